The van der Waals surface area contributed by atoms with Crippen molar-refractivity contribution in [3.05, 3.63) is 66.4 Å². The molecule has 0 unspecified atom stereocenters. The number of phenolic OH excluding ortho intramolecular Hbond substituents is 1. The maximum absolute atomic E-state index is 12.0. The molecular formula is C17H14N2O3. The summed E-state index contributed by atoms with van der Waals surface area (Å²) >= 11 is 0. The third kappa shape index (κ3) is 3.15. The highest BCUT2D eigenvalue weighted by atomic mass is 16.5. The van der Waals surface area contributed by atoms with Gasteiger partial charge in [-0.05, 0) is 12.1 Å². The third-order valence-corrected chi connectivity index (χ3v) is 3.14. The van der Waals surface area contributed by atoms with E-state index < -0.39 is 0 Å². The first-order valence-corrected chi connectivity index (χ1v) is 6.81. The molecule has 0 radical (unpaired) electrons. The molecule has 0 aliphatic rings. The molecular weight excluding hydrogens is 280 g/mol. The number of aromatic nitrogens is 1. The van der Waals surface area contributed by atoms with Gasteiger partial charge in [-0.3, -0.25) is 4.79 Å². The summed E-state index contributed by atoms with van der Waals surface area (Å²) in [7, 11) is 0. The van der Waals surface area contributed by atoms with Crippen molar-refractivity contribution in [2.24, 2.45) is 0 Å². The van der Waals surface area contributed by atoms with Crippen LogP contribution >= 0.6 is 0 Å². The standard InChI is InChI=1S/C17H14N2O3/c20-15-9-5-4-8-14(15)18-17(21)11-13-10-16(22-19-13)12-6-2-1-3-7-12/h1-10,20H,11H2,(H,18,21). The molecule has 1 aromatic heterocycles. The molecule has 0 spiro atoms. The monoisotopic (exact) mass is 294 g/mol. The molecule has 0 fully saturated rings. The Morgan fingerprint density at radius 2 is 1.82 bits per heavy atom. The minimum atomic E-state index is -0.269. The Bertz CT molecular complexity index is 781. The molecule has 22 heavy (non-hydrogen) atoms. The Balaban J connectivity index is 1.68. The molecule has 110 valence electrons. The maximum Gasteiger partial charge on any atom is 0.230 e. The number of aromatic hydroxyl groups is 1. The quantitative estimate of drug-likeness (QED) is 0.724. The van der Waals surface area contributed by atoms with E-state index in [1.54, 1.807) is 24.3 Å². The minimum absolute atomic E-state index is 0.0287. The van der Waals surface area contributed by atoms with Gasteiger partial charge in [0.2, 0.25) is 5.91 Å². The SMILES string of the molecule is O=C(Cc1cc(-c2ccccc2)on1)Nc1ccccc1O. The molecule has 3 aromatic rings. The lowest BCUT2D eigenvalue weighted by Gasteiger charge is -2.05. The van der Waals surface area contributed by atoms with E-state index in [0.717, 1.165) is 5.56 Å². The molecule has 2 aromatic carbocycles. The zero-order valence-electron chi connectivity index (χ0n) is 11.7. The smallest absolute Gasteiger partial charge is 0.230 e. The number of phenols is 1. The van der Waals surface area contributed by atoms with Crippen LogP contribution in [0.2, 0.25) is 0 Å². The van der Waals surface area contributed by atoms with Crippen LogP contribution in [0.5, 0.6) is 5.75 Å². The molecule has 5 heteroatoms. The molecule has 0 aliphatic carbocycles. The summed E-state index contributed by atoms with van der Waals surface area (Å²) in [4.78, 5) is 12.0. The van der Waals surface area contributed by atoms with E-state index in [4.69, 9.17) is 4.52 Å². The molecule has 1 amide bonds. The van der Waals surface area contributed by atoms with Crippen LogP contribution in [-0.2, 0) is 11.2 Å². The fourth-order valence-electron chi connectivity index (χ4n) is 2.07. The number of hydrogen-bond donors (Lipinski definition) is 2. The molecule has 0 saturated carbocycles. The summed E-state index contributed by atoms with van der Waals surface area (Å²) in [5.41, 5.74) is 1.81. The van der Waals surface area contributed by atoms with Gasteiger partial charge in [-0.2, -0.15) is 0 Å². The van der Waals surface area contributed by atoms with E-state index in [1.165, 1.54) is 6.07 Å². The fraction of sp³-hybridized carbons (Fsp3) is 0.0588. The highest BCUT2D eigenvalue weighted by Crippen LogP contribution is 2.22. The van der Waals surface area contributed by atoms with Gasteiger partial charge in [-0.1, -0.05) is 47.6 Å². The van der Waals surface area contributed by atoms with E-state index in [-0.39, 0.29) is 18.1 Å². The fourth-order valence-corrected chi connectivity index (χ4v) is 2.07. The van der Waals surface area contributed by atoms with Crippen molar-refractivity contribution in [1.82, 2.24) is 5.16 Å². The Hall–Kier alpha value is -3.08. The number of benzene rings is 2. The minimum Gasteiger partial charge on any atom is -0.506 e. The van der Waals surface area contributed by atoms with Crippen molar-refractivity contribution < 1.29 is 14.4 Å². The van der Waals surface area contributed by atoms with E-state index >= 15 is 0 Å². The topological polar surface area (TPSA) is 75.4 Å². The largest absolute Gasteiger partial charge is 0.506 e. The number of anilines is 1. The molecule has 5 nitrogen and oxygen atoms in total. The number of rotatable bonds is 4. The van der Waals surface area contributed by atoms with E-state index in [2.05, 4.69) is 10.5 Å². The summed E-state index contributed by atoms with van der Waals surface area (Å²) < 4.78 is 5.25. The summed E-state index contributed by atoms with van der Waals surface area (Å²) in [5.74, 6) is 0.376. The lowest BCUT2D eigenvalue weighted by atomic mass is 10.1. The molecule has 0 atom stereocenters. The number of amides is 1. The van der Waals surface area contributed by atoms with Gasteiger partial charge < -0.3 is 14.9 Å². The normalized spacial score (nSPS) is 10.4. The number of nitrogens with zero attached hydrogens (tertiary/aromatic N) is 1. The second-order valence-corrected chi connectivity index (χ2v) is 4.79. The summed E-state index contributed by atoms with van der Waals surface area (Å²) in [5, 5.41) is 16.2. The molecule has 1 heterocycles. The molecule has 3 rings (SSSR count). The summed E-state index contributed by atoms with van der Waals surface area (Å²) in [6, 6.07) is 17.8. The number of carbonyl (C=O) groups is 1. The van der Waals surface area contributed by atoms with Gasteiger partial charge in [-0.25, -0.2) is 0 Å². The number of para-hydroxylation sites is 2. The Morgan fingerprint density at radius 1 is 1.09 bits per heavy atom. The van der Waals surface area contributed by atoms with Crippen LogP contribution in [0.3, 0.4) is 0 Å². The van der Waals surface area contributed by atoms with Gasteiger partial charge in [-0.15, -0.1) is 0 Å². The van der Waals surface area contributed by atoms with Crippen molar-refractivity contribution in [1.29, 1.82) is 0 Å². The Kier molecular flexibility index (Phi) is 3.87. The van der Waals surface area contributed by atoms with Crippen molar-refractivity contribution in [2.45, 2.75) is 6.42 Å². The average Bonchev–Trinajstić information content (AvgIpc) is 2.99. The molecule has 0 bridgehead atoms. The van der Waals surface area contributed by atoms with Crippen LogP contribution in [0.1, 0.15) is 5.69 Å². The van der Waals surface area contributed by atoms with Crippen LogP contribution in [0.4, 0.5) is 5.69 Å². The number of carbonyl (C=O) groups excluding carboxylic acids is 1. The zero-order chi connectivity index (χ0) is 15.4. The van der Waals surface area contributed by atoms with Crippen molar-refractivity contribution >= 4 is 11.6 Å². The second-order valence-electron chi connectivity index (χ2n) is 4.79. The van der Waals surface area contributed by atoms with Gasteiger partial charge >= 0.3 is 0 Å². The van der Waals surface area contributed by atoms with Crippen LogP contribution in [-0.4, -0.2) is 16.2 Å². The van der Waals surface area contributed by atoms with Gasteiger partial charge in [0.05, 0.1) is 17.8 Å². The number of nitrogens with one attached hydrogen (secondary N) is 1. The molecule has 2 N–H and O–H groups in total. The maximum atomic E-state index is 12.0. The van der Waals surface area contributed by atoms with E-state index in [0.29, 0.717) is 17.1 Å². The van der Waals surface area contributed by atoms with Crippen LogP contribution in [0.15, 0.2) is 65.2 Å². The lowest BCUT2D eigenvalue weighted by molar-refractivity contribution is -0.115. The first-order valence-electron chi connectivity index (χ1n) is 6.81. The van der Waals surface area contributed by atoms with Crippen LogP contribution in [0.25, 0.3) is 11.3 Å². The predicted molar refractivity (Wildman–Crippen MR) is 82.4 cm³/mol. The lowest BCUT2D eigenvalue weighted by Crippen LogP contribution is -2.14. The predicted octanol–water partition coefficient (Wildman–Crippen LogP) is 3.23. The van der Waals surface area contributed by atoms with E-state index in [9.17, 15) is 9.90 Å². The van der Waals surface area contributed by atoms with Gasteiger partial charge in [0.25, 0.3) is 0 Å². The number of hydrogen-bond acceptors (Lipinski definition) is 4. The first kappa shape index (κ1) is 13.9. The van der Waals surface area contributed by atoms with Crippen molar-refractivity contribution in [3.8, 4) is 17.1 Å². The van der Waals surface area contributed by atoms with E-state index in [1.807, 2.05) is 30.3 Å². The second kappa shape index (κ2) is 6.13. The van der Waals surface area contributed by atoms with Crippen LogP contribution < -0.4 is 5.32 Å². The summed E-state index contributed by atoms with van der Waals surface area (Å²) in [6.07, 6.45) is 0.0741. The molecule has 0 saturated heterocycles. The Morgan fingerprint density at radius 3 is 2.59 bits per heavy atom. The van der Waals surface area contributed by atoms with Crippen molar-refractivity contribution in [2.75, 3.05) is 5.32 Å². The average molecular weight is 294 g/mol. The van der Waals surface area contributed by atoms with Gasteiger partial charge in [0, 0.05) is 11.6 Å². The van der Waals surface area contributed by atoms with Crippen molar-refractivity contribution in [3.63, 3.8) is 0 Å². The van der Waals surface area contributed by atoms with Crippen LogP contribution in [0, 0.1) is 0 Å². The third-order valence-electron chi connectivity index (χ3n) is 3.14. The van der Waals surface area contributed by atoms with Gasteiger partial charge in [0.15, 0.2) is 5.76 Å². The Labute approximate surface area is 127 Å². The van der Waals surface area contributed by atoms with Gasteiger partial charge in [0.1, 0.15) is 5.75 Å². The highest BCUT2D eigenvalue weighted by molar-refractivity contribution is 5.93. The highest BCUT2D eigenvalue weighted by Gasteiger charge is 2.11. The summed E-state index contributed by atoms with van der Waals surface area (Å²) in [6.45, 7) is 0. The molecule has 0 aliphatic heterocycles. The first-order chi connectivity index (χ1) is 10.7. The zero-order valence-corrected chi connectivity index (χ0v) is 11.7.